The highest BCUT2D eigenvalue weighted by Gasteiger charge is 2.33. The van der Waals surface area contributed by atoms with Crippen LogP contribution in [0.25, 0.3) is 0 Å². The maximum atomic E-state index is 12.8. The lowest BCUT2D eigenvalue weighted by Gasteiger charge is -2.15. The highest BCUT2D eigenvalue weighted by Crippen LogP contribution is 2.34. The van der Waals surface area contributed by atoms with Crippen LogP contribution in [0.1, 0.15) is 16.5 Å². The third-order valence-corrected chi connectivity index (χ3v) is 3.78. The molecule has 2 amide bonds. The molecular weight excluding hydrogens is 317 g/mol. The number of urea groups is 1. The van der Waals surface area contributed by atoms with Crippen molar-refractivity contribution >= 4 is 23.1 Å². The number of aliphatic hydroxyl groups excluding tert-OH is 1. The number of benzene rings is 1. The zero-order chi connectivity index (χ0) is 16.2. The van der Waals surface area contributed by atoms with Gasteiger partial charge in [0.05, 0.1) is 17.8 Å². The summed E-state index contributed by atoms with van der Waals surface area (Å²) in [5.41, 5.74) is -1.26. The first-order valence-electron chi connectivity index (χ1n) is 6.30. The van der Waals surface area contributed by atoms with Crippen LogP contribution in [-0.4, -0.2) is 17.7 Å². The van der Waals surface area contributed by atoms with Gasteiger partial charge in [-0.1, -0.05) is 18.2 Å². The number of thiophene rings is 1. The Labute approximate surface area is 128 Å². The zero-order valence-corrected chi connectivity index (χ0v) is 12.0. The lowest BCUT2D eigenvalue weighted by atomic mass is 10.1. The molecule has 0 aliphatic heterocycles. The SMILES string of the molecule is O=C(NC[C@@H](O)c1cccs1)Nc1ccccc1C(F)(F)F. The second-order valence-corrected chi connectivity index (χ2v) is 5.39. The summed E-state index contributed by atoms with van der Waals surface area (Å²) in [5.74, 6) is 0. The molecule has 3 N–H and O–H groups in total. The number of carbonyl (C=O) groups excluding carboxylic acids is 1. The van der Waals surface area contributed by atoms with Crippen LogP contribution >= 0.6 is 11.3 Å². The predicted molar refractivity (Wildman–Crippen MR) is 77.7 cm³/mol. The molecule has 1 aromatic heterocycles. The van der Waals surface area contributed by atoms with Crippen LogP contribution in [0.5, 0.6) is 0 Å². The van der Waals surface area contributed by atoms with Crippen molar-refractivity contribution in [2.45, 2.75) is 12.3 Å². The van der Waals surface area contributed by atoms with E-state index >= 15 is 0 Å². The Hall–Kier alpha value is -2.06. The van der Waals surface area contributed by atoms with Gasteiger partial charge in [-0.15, -0.1) is 11.3 Å². The fraction of sp³-hybridized carbons (Fsp3) is 0.214. The van der Waals surface area contributed by atoms with Gasteiger partial charge in [0, 0.05) is 4.88 Å². The average Bonchev–Trinajstić information content (AvgIpc) is 2.98. The third-order valence-electron chi connectivity index (χ3n) is 2.81. The Kier molecular flexibility index (Phi) is 5.04. The van der Waals surface area contributed by atoms with Gasteiger partial charge < -0.3 is 15.7 Å². The monoisotopic (exact) mass is 330 g/mol. The van der Waals surface area contributed by atoms with Crippen molar-refractivity contribution in [2.24, 2.45) is 0 Å². The van der Waals surface area contributed by atoms with Gasteiger partial charge in [-0.3, -0.25) is 0 Å². The summed E-state index contributed by atoms with van der Waals surface area (Å²) in [5, 5.41) is 16.0. The molecule has 0 radical (unpaired) electrons. The molecule has 0 saturated heterocycles. The molecule has 0 aliphatic carbocycles. The lowest BCUT2D eigenvalue weighted by Crippen LogP contribution is -2.32. The minimum atomic E-state index is -4.56. The molecule has 4 nitrogen and oxygen atoms in total. The van der Waals surface area contributed by atoms with Crippen molar-refractivity contribution in [1.29, 1.82) is 0 Å². The first-order chi connectivity index (χ1) is 10.4. The molecule has 22 heavy (non-hydrogen) atoms. The number of para-hydroxylation sites is 1. The van der Waals surface area contributed by atoms with E-state index in [0.717, 1.165) is 12.1 Å². The molecule has 8 heteroatoms. The van der Waals surface area contributed by atoms with E-state index in [-0.39, 0.29) is 12.2 Å². The molecular formula is C14H13F3N2O2S. The van der Waals surface area contributed by atoms with Gasteiger partial charge in [0.25, 0.3) is 0 Å². The van der Waals surface area contributed by atoms with Crippen molar-refractivity contribution < 1.29 is 23.1 Å². The quantitative estimate of drug-likeness (QED) is 0.802. The van der Waals surface area contributed by atoms with E-state index in [1.165, 1.54) is 23.5 Å². The number of alkyl halides is 3. The topological polar surface area (TPSA) is 61.4 Å². The Balaban J connectivity index is 1.95. The molecule has 1 aromatic carbocycles. The maximum Gasteiger partial charge on any atom is 0.418 e. The average molecular weight is 330 g/mol. The van der Waals surface area contributed by atoms with E-state index < -0.39 is 23.9 Å². The van der Waals surface area contributed by atoms with E-state index in [4.69, 9.17) is 0 Å². The van der Waals surface area contributed by atoms with Crippen LogP contribution in [-0.2, 0) is 6.18 Å². The smallest absolute Gasteiger partial charge is 0.386 e. The van der Waals surface area contributed by atoms with Gasteiger partial charge in [-0.05, 0) is 23.6 Å². The minimum Gasteiger partial charge on any atom is -0.386 e. The number of carbonyl (C=O) groups is 1. The number of anilines is 1. The summed E-state index contributed by atoms with van der Waals surface area (Å²) in [7, 11) is 0. The number of nitrogens with one attached hydrogen (secondary N) is 2. The van der Waals surface area contributed by atoms with Crippen molar-refractivity contribution in [3.05, 3.63) is 52.2 Å². The van der Waals surface area contributed by atoms with Gasteiger partial charge in [0.15, 0.2) is 0 Å². The second kappa shape index (κ2) is 6.80. The maximum absolute atomic E-state index is 12.8. The fourth-order valence-corrected chi connectivity index (χ4v) is 2.49. The van der Waals surface area contributed by atoms with Crippen molar-refractivity contribution in [3.8, 4) is 0 Å². The molecule has 0 bridgehead atoms. The summed E-state index contributed by atoms with van der Waals surface area (Å²) in [6, 6.07) is 7.33. The predicted octanol–water partition coefficient (Wildman–Crippen LogP) is 3.62. The summed E-state index contributed by atoms with van der Waals surface area (Å²) < 4.78 is 38.4. The zero-order valence-electron chi connectivity index (χ0n) is 11.2. The van der Waals surface area contributed by atoms with E-state index in [9.17, 15) is 23.1 Å². The van der Waals surface area contributed by atoms with E-state index in [2.05, 4.69) is 10.6 Å². The summed E-state index contributed by atoms with van der Waals surface area (Å²) in [6.07, 6.45) is -5.45. The number of halogens is 3. The summed E-state index contributed by atoms with van der Waals surface area (Å²) in [4.78, 5) is 12.3. The Bertz CT molecular complexity index is 629. The van der Waals surface area contributed by atoms with Gasteiger partial charge in [-0.2, -0.15) is 13.2 Å². The number of amides is 2. The first-order valence-corrected chi connectivity index (χ1v) is 7.18. The number of hydrogen-bond acceptors (Lipinski definition) is 3. The largest absolute Gasteiger partial charge is 0.418 e. The Morgan fingerprint density at radius 2 is 1.95 bits per heavy atom. The fourth-order valence-electron chi connectivity index (χ4n) is 1.78. The molecule has 0 fully saturated rings. The highest BCUT2D eigenvalue weighted by molar-refractivity contribution is 7.10. The van der Waals surface area contributed by atoms with E-state index in [1.54, 1.807) is 17.5 Å². The van der Waals surface area contributed by atoms with Crippen molar-refractivity contribution in [2.75, 3.05) is 11.9 Å². The van der Waals surface area contributed by atoms with Crippen LogP contribution in [0.4, 0.5) is 23.7 Å². The molecule has 2 aromatic rings. The molecule has 118 valence electrons. The van der Waals surface area contributed by atoms with Crippen molar-refractivity contribution in [3.63, 3.8) is 0 Å². The van der Waals surface area contributed by atoms with Crippen LogP contribution in [0, 0.1) is 0 Å². The molecule has 0 aliphatic rings. The first kappa shape index (κ1) is 16.3. The normalized spacial score (nSPS) is 12.7. The van der Waals surface area contributed by atoms with Crippen LogP contribution < -0.4 is 10.6 Å². The third kappa shape index (κ3) is 4.22. The van der Waals surface area contributed by atoms with Gasteiger partial charge in [-0.25, -0.2) is 4.79 Å². The van der Waals surface area contributed by atoms with E-state index in [1.807, 2.05) is 0 Å². The molecule has 0 unspecified atom stereocenters. The summed E-state index contributed by atoms with van der Waals surface area (Å²) >= 11 is 1.32. The number of rotatable bonds is 4. The van der Waals surface area contributed by atoms with Gasteiger partial charge in [0.2, 0.25) is 0 Å². The molecule has 0 spiro atoms. The van der Waals surface area contributed by atoms with Gasteiger partial charge in [0.1, 0.15) is 6.10 Å². The molecule has 0 saturated carbocycles. The molecule has 2 rings (SSSR count). The number of aliphatic hydroxyl groups is 1. The van der Waals surface area contributed by atoms with Crippen LogP contribution in [0.3, 0.4) is 0 Å². The Morgan fingerprint density at radius 3 is 2.59 bits per heavy atom. The summed E-state index contributed by atoms with van der Waals surface area (Å²) in [6.45, 7) is -0.0967. The van der Waals surface area contributed by atoms with Crippen LogP contribution in [0.15, 0.2) is 41.8 Å². The Morgan fingerprint density at radius 1 is 1.23 bits per heavy atom. The van der Waals surface area contributed by atoms with Gasteiger partial charge >= 0.3 is 12.2 Å². The minimum absolute atomic E-state index is 0.0967. The lowest BCUT2D eigenvalue weighted by molar-refractivity contribution is -0.136. The standard InChI is InChI=1S/C14H13F3N2O2S/c15-14(16,17)9-4-1-2-5-10(9)19-13(21)18-8-11(20)12-6-3-7-22-12/h1-7,11,20H,8H2,(H2,18,19,21)/t11-/m1/s1. The molecule has 1 heterocycles. The van der Waals surface area contributed by atoms with Crippen molar-refractivity contribution in [1.82, 2.24) is 5.32 Å². The van der Waals surface area contributed by atoms with Crippen LogP contribution in [0.2, 0.25) is 0 Å². The number of hydrogen-bond donors (Lipinski definition) is 3. The highest BCUT2D eigenvalue weighted by atomic mass is 32.1. The molecule has 1 atom stereocenters. The van der Waals surface area contributed by atoms with E-state index in [0.29, 0.717) is 4.88 Å². The second-order valence-electron chi connectivity index (χ2n) is 4.41.